The van der Waals surface area contributed by atoms with Crippen molar-refractivity contribution in [1.82, 2.24) is 9.88 Å². The van der Waals surface area contributed by atoms with E-state index in [1.807, 2.05) is 32.6 Å². The van der Waals surface area contributed by atoms with Gasteiger partial charge in [0.1, 0.15) is 18.4 Å². The molecule has 3 heterocycles. The third-order valence-corrected chi connectivity index (χ3v) is 5.59. The molecular weight excluding hydrogens is 412 g/mol. The topological polar surface area (TPSA) is 85.3 Å². The van der Waals surface area contributed by atoms with Crippen LogP contribution in [0.5, 0.6) is 0 Å². The van der Waals surface area contributed by atoms with Crippen molar-refractivity contribution in [2.24, 2.45) is 12.0 Å². The Labute approximate surface area is 194 Å². The number of amides is 1. The number of anilines is 1. The Morgan fingerprint density at radius 3 is 2.79 bits per heavy atom. The number of carbonyl (C=O) groups excluding carboxylic acids is 1. The van der Waals surface area contributed by atoms with E-state index >= 15 is 0 Å². The van der Waals surface area contributed by atoms with Crippen LogP contribution in [0.1, 0.15) is 28.8 Å². The van der Waals surface area contributed by atoms with Crippen LogP contribution in [0.2, 0.25) is 0 Å². The van der Waals surface area contributed by atoms with Gasteiger partial charge in [0.15, 0.2) is 12.3 Å². The first kappa shape index (κ1) is 22.3. The predicted octanol–water partition coefficient (Wildman–Crippen LogP) is 2.88. The highest BCUT2D eigenvalue weighted by molar-refractivity contribution is 6.49. The van der Waals surface area contributed by atoms with Crippen molar-refractivity contribution in [1.29, 1.82) is 5.26 Å². The minimum atomic E-state index is -0.250. The summed E-state index contributed by atoms with van der Waals surface area (Å²) in [5.74, 6) is -0.250. The van der Waals surface area contributed by atoms with Crippen molar-refractivity contribution in [2.75, 3.05) is 26.0 Å². The molecule has 166 valence electrons. The van der Waals surface area contributed by atoms with Crippen LogP contribution < -0.4 is 9.88 Å². The number of fused-ring (bicyclic) bond motifs is 1. The zero-order chi connectivity index (χ0) is 23.4. The summed E-state index contributed by atoms with van der Waals surface area (Å²) in [4.78, 5) is 24.4. The molecule has 0 spiro atoms. The lowest BCUT2D eigenvalue weighted by Gasteiger charge is -2.13. The minimum absolute atomic E-state index is 0.250. The van der Waals surface area contributed by atoms with Gasteiger partial charge in [-0.05, 0) is 61.8 Å². The molecular formula is C26H27N6O+. The van der Waals surface area contributed by atoms with Crippen LogP contribution in [0.25, 0.3) is 11.1 Å². The molecule has 0 unspecified atom stereocenters. The molecule has 0 atom stereocenters. The molecule has 0 saturated carbocycles. The smallest absolute Gasteiger partial charge is 0.283 e. The standard InChI is InChI=1S/C26H26N6O/c1-31(2)16-18-11-21(15-28-14-18)20-7-6-19-5-4-10-29-25(24(19)12-20)26(33)30-22-8-9-23(13-27)32(3)17-22/h6-9,11-12,14-15,17H,4-5,10,16H2,1-3H3/p+1. The van der Waals surface area contributed by atoms with Gasteiger partial charge in [0.25, 0.3) is 11.6 Å². The van der Waals surface area contributed by atoms with E-state index < -0.39 is 0 Å². The second-order valence-electron chi connectivity index (χ2n) is 8.51. The Bertz CT molecular complexity index is 1270. The third kappa shape index (κ3) is 5.13. The Morgan fingerprint density at radius 2 is 2.03 bits per heavy atom. The molecule has 0 bridgehead atoms. The van der Waals surface area contributed by atoms with Crippen LogP contribution in [-0.4, -0.2) is 42.1 Å². The van der Waals surface area contributed by atoms with Crippen molar-refractivity contribution in [3.05, 3.63) is 77.4 Å². The number of aromatic nitrogens is 2. The summed E-state index contributed by atoms with van der Waals surface area (Å²) >= 11 is 0. The Hall–Kier alpha value is -3.89. The van der Waals surface area contributed by atoms with Gasteiger partial charge in [0.2, 0.25) is 0 Å². The molecule has 2 aromatic heterocycles. The average Bonchev–Trinajstić information content (AvgIpc) is 3.01. The molecule has 7 nitrogen and oxygen atoms in total. The Morgan fingerprint density at radius 1 is 1.18 bits per heavy atom. The molecule has 4 rings (SSSR count). The second-order valence-corrected chi connectivity index (χ2v) is 8.51. The largest absolute Gasteiger partial charge is 0.316 e. The van der Waals surface area contributed by atoms with E-state index in [1.165, 1.54) is 0 Å². The molecule has 1 aliphatic heterocycles. The number of nitrogens with one attached hydrogen (secondary N) is 1. The minimum Gasteiger partial charge on any atom is -0.316 e. The number of nitriles is 1. The summed E-state index contributed by atoms with van der Waals surface area (Å²) in [5.41, 5.74) is 6.70. The number of benzene rings is 1. The summed E-state index contributed by atoms with van der Waals surface area (Å²) in [5, 5.41) is 12.1. The van der Waals surface area contributed by atoms with Crippen molar-refractivity contribution in [2.45, 2.75) is 19.4 Å². The number of hydrogen-bond acceptors (Lipinski definition) is 5. The lowest BCUT2D eigenvalue weighted by Crippen LogP contribution is -2.33. The van der Waals surface area contributed by atoms with Crippen LogP contribution in [-0.2, 0) is 24.8 Å². The lowest BCUT2D eigenvalue weighted by molar-refractivity contribution is -0.673. The quantitative estimate of drug-likeness (QED) is 0.620. The van der Waals surface area contributed by atoms with Gasteiger partial charge in [0.05, 0.1) is 0 Å². The molecule has 1 N–H and O–H groups in total. The second kappa shape index (κ2) is 9.72. The maximum atomic E-state index is 13.2. The highest BCUT2D eigenvalue weighted by atomic mass is 16.1. The van der Waals surface area contributed by atoms with E-state index in [2.05, 4.69) is 44.5 Å². The summed E-state index contributed by atoms with van der Waals surface area (Å²) in [7, 11) is 5.84. The van der Waals surface area contributed by atoms with E-state index in [4.69, 9.17) is 5.26 Å². The molecule has 1 aromatic carbocycles. The number of rotatable bonds is 5. The maximum absolute atomic E-state index is 13.2. The van der Waals surface area contributed by atoms with Gasteiger partial charge in [-0.1, -0.05) is 12.1 Å². The molecule has 0 fully saturated rings. The van der Waals surface area contributed by atoms with Gasteiger partial charge in [-0.3, -0.25) is 14.8 Å². The number of aryl methyl sites for hydroxylation is 2. The van der Waals surface area contributed by atoms with Crippen molar-refractivity contribution in [3.8, 4) is 17.2 Å². The summed E-state index contributed by atoms with van der Waals surface area (Å²) in [6.07, 6.45) is 7.23. The molecule has 0 radical (unpaired) electrons. The highest BCUT2D eigenvalue weighted by Crippen LogP contribution is 2.26. The molecule has 33 heavy (non-hydrogen) atoms. The SMILES string of the molecule is CN(C)Cc1cncc(-c2ccc3c(c2)C(C(=O)Nc2ccc(C#N)[n+](C)c2)=NCCC3)c1. The zero-order valence-electron chi connectivity index (χ0n) is 19.2. The third-order valence-electron chi connectivity index (χ3n) is 5.59. The first-order chi connectivity index (χ1) is 15.9. The fraction of sp³-hybridized carbons (Fsp3) is 0.269. The van der Waals surface area contributed by atoms with Gasteiger partial charge in [-0.2, -0.15) is 9.83 Å². The van der Waals surface area contributed by atoms with E-state index in [0.717, 1.165) is 47.2 Å². The van der Waals surface area contributed by atoms with Crippen molar-refractivity contribution < 1.29 is 9.36 Å². The molecule has 0 aliphatic carbocycles. The van der Waals surface area contributed by atoms with Gasteiger partial charge in [-0.15, -0.1) is 0 Å². The van der Waals surface area contributed by atoms with Crippen LogP contribution in [0.4, 0.5) is 5.69 Å². The van der Waals surface area contributed by atoms with Crippen molar-refractivity contribution >= 4 is 17.3 Å². The van der Waals surface area contributed by atoms with Gasteiger partial charge in [0, 0.05) is 42.7 Å². The fourth-order valence-electron chi connectivity index (χ4n) is 4.02. The van der Waals surface area contributed by atoms with E-state index in [9.17, 15) is 4.79 Å². The first-order valence-corrected chi connectivity index (χ1v) is 10.9. The average molecular weight is 440 g/mol. The number of aliphatic imine (C=N–C) groups is 1. The maximum Gasteiger partial charge on any atom is 0.283 e. The molecule has 7 heteroatoms. The van der Waals surface area contributed by atoms with E-state index in [-0.39, 0.29) is 5.91 Å². The monoisotopic (exact) mass is 439 g/mol. The van der Waals surface area contributed by atoms with Crippen LogP contribution in [0, 0.1) is 11.3 Å². The Kier molecular flexibility index (Phi) is 6.57. The lowest BCUT2D eigenvalue weighted by atomic mass is 9.94. The Balaban J connectivity index is 1.66. The van der Waals surface area contributed by atoms with Gasteiger partial charge < -0.3 is 10.2 Å². The summed E-state index contributed by atoms with van der Waals surface area (Å²) < 4.78 is 1.68. The number of carbonyl (C=O) groups is 1. The molecule has 3 aromatic rings. The molecule has 0 saturated heterocycles. The van der Waals surface area contributed by atoms with Gasteiger partial charge in [-0.25, -0.2) is 0 Å². The predicted molar refractivity (Wildman–Crippen MR) is 128 cm³/mol. The number of pyridine rings is 2. The summed E-state index contributed by atoms with van der Waals surface area (Å²) in [6.45, 7) is 1.41. The van der Waals surface area contributed by atoms with Crippen LogP contribution in [0.15, 0.2) is 60.0 Å². The van der Waals surface area contributed by atoms with Crippen LogP contribution >= 0.6 is 0 Å². The number of nitrogens with zero attached hydrogens (tertiary/aromatic N) is 5. The van der Waals surface area contributed by atoms with Crippen LogP contribution in [0.3, 0.4) is 0 Å². The summed E-state index contributed by atoms with van der Waals surface area (Å²) in [6, 6.07) is 13.9. The van der Waals surface area contributed by atoms with Gasteiger partial charge >= 0.3 is 0 Å². The molecule has 1 aliphatic rings. The van der Waals surface area contributed by atoms with Crippen molar-refractivity contribution in [3.63, 3.8) is 0 Å². The van der Waals surface area contributed by atoms with E-state index in [0.29, 0.717) is 23.6 Å². The fourth-order valence-corrected chi connectivity index (χ4v) is 4.02. The zero-order valence-corrected chi connectivity index (χ0v) is 19.2. The normalized spacial score (nSPS) is 13.0. The molecule has 1 amide bonds. The van der Waals surface area contributed by atoms with E-state index in [1.54, 1.807) is 29.9 Å². The first-order valence-electron chi connectivity index (χ1n) is 10.9. The highest BCUT2D eigenvalue weighted by Gasteiger charge is 2.21. The number of hydrogen-bond donors (Lipinski definition) is 1.